The van der Waals surface area contributed by atoms with Gasteiger partial charge in [0.25, 0.3) is 5.91 Å². The standard InChI is InChI=1S/C11H15BrN2O4/c1-7(6-15)4-13-10(16)5-14-11(17)8-2-3-9(12)18-8/h2-3,7,15H,4-6H2,1H3,(H,13,16)(H,14,17). The van der Waals surface area contributed by atoms with Crippen LogP contribution >= 0.6 is 15.9 Å². The molecule has 1 unspecified atom stereocenters. The lowest BCUT2D eigenvalue weighted by atomic mass is 10.2. The van der Waals surface area contributed by atoms with E-state index in [1.165, 1.54) is 6.07 Å². The van der Waals surface area contributed by atoms with Crippen LogP contribution in [0.25, 0.3) is 0 Å². The van der Waals surface area contributed by atoms with Crippen molar-refractivity contribution in [3.8, 4) is 0 Å². The first-order chi connectivity index (χ1) is 8.52. The highest BCUT2D eigenvalue weighted by Gasteiger charge is 2.11. The van der Waals surface area contributed by atoms with E-state index in [-0.39, 0.29) is 30.7 Å². The molecule has 0 saturated carbocycles. The smallest absolute Gasteiger partial charge is 0.287 e. The zero-order valence-electron chi connectivity index (χ0n) is 9.90. The number of amides is 2. The molecule has 1 aromatic rings. The van der Waals surface area contributed by atoms with Gasteiger partial charge in [0.2, 0.25) is 5.91 Å². The van der Waals surface area contributed by atoms with Crippen LogP contribution in [0.4, 0.5) is 0 Å². The summed E-state index contributed by atoms with van der Waals surface area (Å²) in [4.78, 5) is 22.9. The highest BCUT2D eigenvalue weighted by molar-refractivity contribution is 9.10. The molecule has 1 aromatic heterocycles. The summed E-state index contributed by atoms with van der Waals surface area (Å²) in [5.74, 6) is -0.635. The summed E-state index contributed by atoms with van der Waals surface area (Å²) in [5.41, 5.74) is 0. The van der Waals surface area contributed by atoms with E-state index >= 15 is 0 Å². The molecule has 1 heterocycles. The number of aliphatic hydroxyl groups is 1. The van der Waals surface area contributed by atoms with E-state index < -0.39 is 5.91 Å². The van der Waals surface area contributed by atoms with Gasteiger partial charge in [-0.3, -0.25) is 9.59 Å². The second-order valence-electron chi connectivity index (χ2n) is 3.88. The number of furan rings is 1. The second kappa shape index (κ2) is 7.17. The number of carbonyl (C=O) groups excluding carboxylic acids is 2. The molecule has 0 aliphatic heterocycles. The van der Waals surface area contributed by atoms with Crippen LogP contribution in [0.2, 0.25) is 0 Å². The minimum Gasteiger partial charge on any atom is -0.444 e. The number of hydrogen-bond acceptors (Lipinski definition) is 4. The highest BCUT2D eigenvalue weighted by Crippen LogP contribution is 2.13. The molecule has 0 spiro atoms. The van der Waals surface area contributed by atoms with Gasteiger partial charge in [0.15, 0.2) is 10.4 Å². The summed E-state index contributed by atoms with van der Waals surface area (Å²) in [6, 6.07) is 3.10. The topological polar surface area (TPSA) is 91.6 Å². The number of aliphatic hydroxyl groups excluding tert-OH is 1. The Morgan fingerprint density at radius 1 is 1.44 bits per heavy atom. The summed E-state index contributed by atoms with van der Waals surface area (Å²) in [6.07, 6.45) is 0. The quantitative estimate of drug-likeness (QED) is 0.713. The average Bonchev–Trinajstić information content (AvgIpc) is 2.79. The summed E-state index contributed by atoms with van der Waals surface area (Å²) in [6.45, 7) is 2.05. The van der Waals surface area contributed by atoms with E-state index in [1.54, 1.807) is 13.0 Å². The van der Waals surface area contributed by atoms with Crippen molar-refractivity contribution in [3.05, 3.63) is 22.6 Å². The van der Waals surface area contributed by atoms with E-state index in [2.05, 4.69) is 26.6 Å². The molecule has 100 valence electrons. The third-order valence-corrected chi connectivity index (χ3v) is 2.59. The van der Waals surface area contributed by atoms with Gasteiger partial charge in [-0.2, -0.15) is 0 Å². The zero-order valence-corrected chi connectivity index (χ0v) is 11.5. The predicted octanol–water partition coefficient (Wildman–Crippen LogP) is 0.517. The Hall–Kier alpha value is -1.34. The number of hydrogen-bond donors (Lipinski definition) is 3. The molecule has 1 atom stereocenters. The normalized spacial score (nSPS) is 11.9. The van der Waals surface area contributed by atoms with E-state index in [0.717, 1.165) is 0 Å². The van der Waals surface area contributed by atoms with Gasteiger partial charge in [0, 0.05) is 13.2 Å². The van der Waals surface area contributed by atoms with E-state index in [0.29, 0.717) is 11.2 Å². The van der Waals surface area contributed by atoms with Crippen molar-refractivity contribution in [2.24, 2.45) is 5.92 Å². The SMILES string of the molecule is CC(CO)CNC(=O)CNC(=O)c1ccc(Br)o1. The molecule has 7 heteroatoms. The third-order valence-electron chi connectivity index (χ3n) is 2.17. The van der Waals surface area contributed by atoms with Crippen molar-refractivity contribution in [1.29, 1.82) is 0 Å². The Labute approximate surface area is 113 Å². The van der Waals surface area contributed by atoms with E-state index in [4.69, 9.17) is 9.52 Å². The summed E-state index contributed by atoms with van der Waals surface area (Å²) in [5, 5.41) is 13.8. The first-order valence-corrected chi connectivity index (χ1v) is 6.23. The van der Waals surface area contributed by atoms with Crippen LogP contribution in [-0.4, -0.2) is 36.6 Å². The largest absolute Gasteiger partial charge is 0.444 e. The van der Waals surface area contributed by atoms with E-state index in [1.807, 2.05) is 0 Å². The van der Waals surface area contributed by atoms with Crippen molar-refractivity contribution in [2.45, 2.75) is 6.92 Å². The number of nitrogens with one attached hydrogen (secondary N) is 2. The maximum absolute atomic E-state index is 11.5. The lowest BCUT2D eigenvalue weighted by Crippen LogP contribution is -2.38. The van der Waals surface area contributed by atoms with Gasteiger partial charge in [-0.25, -0.2) is 0 Å². The zero-order chi connectivity index (χ0) is 13.5. The Kier molecular flexibility index (Phi) is 5.87. The van der Waals surface area contributed by atoms with Gasteiger partial charge >= 0.3 is 0 Å². The third kappa shape index (κ3) is 4.89. The van der Waals surface area contributed by atoms with Crippen molar-refractivity contribution in [3.63, 3.8) is 0 Å². The molecule has 0 fully saturated rings. The first-order valence-electron chi connectivity index (χ1n) is 5.44. The van der Waals surface area contributed by atoms with Crippen LogP contribution in [0.15, 0.2) is 21.2 Å². The molecule has 0 aromatic carbocycles. The summed E-state index contributed by atoms with van der Waals surface area (Å²) in [7, 11) is 0. The molecule has 6 nitrogen and oxygen atoms in total. The van der Waals surface area contributed by atoms with Gasteiger partial charge in [-0.15, -0.1) is 0 Å². The number of carbonyl (C=O) groups is 2. The van der Waals surface area contributed by atoms with Crippen LogP contribution in [0.3, 0.4) is 0 Å². The lowest BCUT2D eigenvalue weighted by molar-refractivity contribution is -0.120. The monoisotopic (exact) mass is 318 g/mol. The molecule has 18 heavy (non-hydrogen) atoms. The Bertz CT molecular complexity index is 419. The summed E-state index contributed by atoms with van der Waals surface area (Å²) < 4.78 is 5.49. The highest BCUT2D eigenvalue weighted by atomic mass is 79.9. The van der Waals surface area contributed by atoms with Crippen molar-refractivity contribution >= 4 is 27.7 Å². The van der Waals surface area contributed by atoms with Crippen molar-refractivity contribution in [1.82, 2.24) is 10.6 Å². The fourth-order valence-corrected chi connectivity index (χ4v) is 1.41. The van der Waals surface area contributed by atoms with Crippen LogP contribution in [0, 0.1) is 5.92 Å². The molecular formula is C11H15BrN2O4. The molecule has 2 amide bonds. The van der Waals surface area contributed by atoms with Gasteiger partial charge in [0.05, 0.1) is 6.54 Å². The first kappa shape index (κ1) is 14.7. The Morgan fingerprint density at radius 2 is 2.17 bits per heavy atom. The molecule has 0 bridgehead atoms. The fraction of sp³-hybridized carbons (Fsp3) is 0.455. The lowest BCUT2D eigenvalue weighted by Gasteiger charge is -2.09. The van der Waals surface area contributed by atoms with Gasteiger partial charge < -0.3 is 20.2 Å². The van der Waals surface area contributed by atoms with Crippen LogP contribution in [0.1, 0.15) is 17.5 Å². The van der Waals surface area contributed by atoms with Gasteiger partial charge in [0.1, 0.15) is 0 Å². The van der Waals surface area contributed by atoms with E-state index in [9.17, 15) is 9.59 Å². The molecule has 0 saturated heterocycles. The molecule has 3 N–H and O–H groups in total. The van der Waals surface area contributed by atoms with Gasteiger partial charge in [-0.1, -0.05) is 6.92 Å². The molecule has 0 aliphatic carbocycles. The van der Waals surface area contributed by atoms with Crippen molar-refractivity contribution < 1.29 is 19.1 Å². The number of halogens is 1. The molecule has 0 aliphatic rings. The average molecular weight is 319 g/mol. The predicted molar refractivity (Wildman–Crippen MR) is 68.0 cm³/mol. The molecule has 0 radical (unpaired) electrons. The minimum absolute atomic E-state index is 0.00701. The Balaban J connectivity index is 2.28. The summed E-state index contributed by atoms with van der Waals surface area (Å²) >= 11 is 3.08. The number of rotatable bonds is 6. The van der Waals surface area contributed by atoms with Crippen LogP contribution in [-0.2, 0) is 4.79 Å². The fourth-order valence-electron chi connectivity index (χ4n) is 1.10. The maximum atomic E-state index is 11.5. The maximum Gasteiger partial charge on any atom is 0.287 e. The minimum atomic E-state index is -0.453. The molecular weight excluding hydrogens is 304 g/mol. The van der Waals surface area contributed by atoms with Crippen molar-refractivity contribution in [2.75, 3.05) is 19.7 Å². The van der Waals surface area contributed by atoms with Crippen LogP contribution < -0.4 is 10.6 Å². The molecule has 1 rings (SSSR count). The van der Waals surface area contributed by atoms with Crippen LogP contribution in [0.5, 0.6) is 0 Å². The Morgan fingerprint density at radius 3 is 2.72 bits per heavy atom. The second-order valence-corrected chi connectivity index (χ2v) is 4.66. The van der Waals surface area contributed by atoms with Gasteiger partial charge in [-0.05, 0) is 34.0 Å².